The van der Waals surface area contributed by atoms with Crippen LogP contribution in [0.25, 0.3) is 0 Å². The molecule has 0 radical (unpaired) electrons. The Balaban J connectivity index is 1.88. The van der Waals surface area contributed by atoms with E-state index in [0.717, 1.165) is 37.6 Å². The number of nitrogens with zero attached hydrogens (tertiary/aromatic N) is 2. The molecule has 0 bridgehead atoms. The molecule has 1 heterocycles. The Kier molecular flexibility index (Phi) is 7.25. The summed E-state index contributed by atoms with van der Waals surface area (Å²) >= 11 is 2.00. The van der Waals surface area contributed by atoms with Gasteiger partial charge in [0.2, 0.25) is 5.89 Å². The van der Waals surface area contributed by atoms with E-state index >= 15 is 0 Å². The van der Waals surface area contributed by atoms with Gasteiger partial charge in [-0.05, 0) is 44.4 Å². The molecule has 0 aliphatic carbocycles. The molecule has 0 unspecified atom stereocenters. The molecular weight excluding hydrogens is 222 g/mol. The van der Waals surface area contributed by atoms with Crippen molar-refractivity contribution in [3.05, 3.63) is 11.7 Å². The molecule has 1 N–H and O–H groups in total. The molecule has 16 heavy (non-hydrogen) atoms. The lowest BCUT2D eigenvalue weighted by atomic mass is 10.3. The molecule has 4 nitrogen and oxygen atoms in total. The summed E-state index contributed by atoms with van der Waals surface area (Å²) in [5, 5.41) is 7.17. The lowest BCUT2D eigenvalue weighted by molar-refractivity contribution is 0.371. The summed E-state index contributed by atoms with van der Waals surface area (Å²) in [6.07, 6.45) is 3.18. The number of aryl methyl sites for hydroxylation is 2. The predicted octanol–water partition coefficient (Wildman–Crippen LogP) is 2.04. The highest BCUT2D eigenvalue weighted by Crippen LogP contribution is 2.00. The molecule has 0 aliphatic rings. The molecular formula is C11H21N3OS. The van der Waals surface area contributed by atoms with Crippen molar-refractivity contribution in [3.63, 3.8) is 0 Å². The summed E-state index contributed by atoms with van der Waals surface area (Å²) in [7, 11) is 0. The Labute approximate surface area is 102 Å². The van der Waals surface area contributed by atoms with Crippen LogP contribution in [0.1, 0.15) is 31.5 Å². The van der Waals surface area contributed by atoms with Crippen LogP contribution >= 0.6 is 11.8 Å². The number of thioether (sulfide) groups is 1. The molecule has 0 fully saturated rings. The van der Waals surface area contributed by atoms with Crippen LogP contribution in [0.2, 0.25) is 0 Å². The van der Waals surface area contributed by atoms with Gasteiger partial charge in [0.1, 0.15) is 0 Å². The van der Waals surface area contributed by atoms with Gasteiger partial charge >= 0.3 is 0 Å². The molecule has 1 rings (SSSR count). The minimum absolute atomic E-state index is 0.722. The molecule has 0 saturated heterocycles. The van der Waals surface area contributed by atoms with Crippen molar-refractivity contribution in [1.29, 1.82) is 0 Å². The normalized spacial score (nSPS) is 10.9. The van der Waals surface area contributed by atoms with Gasteiger partial charge < -0.3 is 9.84 Å². The first-order valence-corrected chi connectivity index (χ1v) is 7.06. The van der Waals surface area contributed by atoms with Gasteiger partial charge in [-0.2, -0.15) is 16.7 Å². The Morgan fingerprint density at radius 1 is 1.31 bits per heavy atom. The maximum absolute atomic E-state index is 5.03. The SMILES string of the molecule is CCSCCCNCCCc1nc(C)no1. The fraction of sp³-hybridized carbons (Fsp3) is 0.818. The molecule has 0 atom stereocenters. The zero-order valence-corrected chi connectivity index (χ0v) is 11.0. The highest BCUT2D eigenvalue weighted by molar-refractivity contribution is 7.99. The van der Waals surface area contributed by atoms with Crippen molar-refractivity contribution in [1.82, 2.24) is 15.5 Å². The summed E-state index contributed by atoms with van der Waals surface area (Å²) in [6, 6.07) is 0. The maximum Gasteiger partial charge on any atom is 0.226 e. The first-order valence-electron chi connectivity index (χ1n) is 5.90. The summed E-state index contributed by atoms with van der Waals surface area (Å²) < 4.78 is 5.03. The number of rotatable bonds is 9. The lowest BCUT2D eigenvalue weighted by Gasteiger charge is -2.02. The van der Waals surface area contributed by atoms with Gasteiger partial charge in [-0.25, -0.2) is 0 Å². The minimum atomic E-state index is 0.722. The number of hydrogen-bond acceptors (Lipinski definition) is 5. The van der Waals surface area contributed by atoms with Gasteiger partial charge in [-0.15, -0.1) is 0 Å². The monoisotopic (exact) mass is 243 g/mol. The minimum Gasteiger partial charge on any atom is -0.339 e. The van der Waals surface area contributed by atoms with E-state index in [0.29, 0.717) is 0 Å². The van der Waals surface area contributed by atoms with E-state index in [1.165, 1.54) is 17.9 Å². The zero-order chi connectivity index (χ0) is 11.6. The largest absolute Gasteiger partial charge is 0.339 e. The second kappa shape index (κ2) is 8.58. The van der Waals surface area contributed by atoms with Crippen molar-refractivity contribution in [3.8, 4) is 0 Å². The predicted molar refractivity (Wildman–Crippen MR) is 67.8 cm³/mol. The van der Waals surface area contributed by atoms with E-state index < -0.39 is 0 Å². The molecule has 0 aliphatic heterocycles. The third kappa shape index (κ3) is 6.12. The molecule has 1 aromatic rings. The van der Waals surface area contributed by atoms with Gasteiger partial charge in [0, 0.05) is 6.42 Å². The lowest BCUT2D eigenvalue weighted by Crippen LogP contribution is -2.17. The van der Waals surface area contributed by atoms with Crippen molar-refractivity contribution >= 4 is 11.8 Å². The Morgan fingerprint density at radius 3 is 2.81 bits per heavy atom. The standard InChI is InChI=1S/C11H21N3OS/c1-3-16-9-5-8-12-7-4-6-11-13-10(2)14-15-11/h12H,3-9H2,1-2H3. The van der Waals surface area contributed by atoms with E-state index in [4.69, 9.17) is 4.52 Å². The smallest absolute Gasteiger partial charge is 0.226 e. The average molecular weight is 243 g/mol. The van der Waals surface area contributed by atoms with Crippen molar-refractivity contribution in [2.45, 2.75) is 33.1 Å². The first-order chi connectivity index (χ1) is 7.83. The van der Waals surface area contributed by atoms with E-state index in [2.05, 4.69) is 22.4 Å². The van der Waals surface area contributed by atoms with Gasteiger partial charge in [0.05, 0.1) is 0 Å². The second-order valence-electron chi connectivity index (χ2n) is 3.64. The van der Waals surface area contributed by atoms with Gasteiger partial charge in [-0.3, -0.25) is 0 Å². The molecule has 5 heteroatoms. The zero-order valence-electron chi connectivity index (χ0n) is 10.2. The van der Waals surface area contributed by atoms with Gasteiger partial charge in [0.25, 0.3) is 0 Å². The quantitative estimate of drug-likeness (QED) is 0.673. The first kappa shape index (κ1) is 13.5. The van der Waals surface area contributed by atoms with E-state index in [1.807, 2.05) is 18.7 Å². The summed E-state index contributed by atoms with van der Waals surface area (Å²) in [5.74, 6) is 3.95. The summed E-state index contributed by atoms with van der Waals surface area (Å²) in [4.78, 5) is 4.16. The van der Waals surface area contributed by atoms with E-state index in [9.17, 15) is 0 Å². The van der Waals surface area contributed by atoms with Crippen LogP contribution < -0.4 is 5.32 Å². The van der Waals surface area contributed by atoms with Crippen LogP contribution in [0.15, 0.2) is 4.52 Å². The summed E-state index contributed by atoms with van der Waals surface area (Å²) in [6.45, 7) is 6.18. The van der Waals surface area contributed by atoms with Crippen molar-refractivity contribution < 1.29 is 4.52 Å². The molecule has 0 aromatic carbocycles. The van der Waals surface area contributed by atoms with Crippen molar-refractivity contribution in [2.24, 2.45) is 0 Å². The molecule has 92 valence electrons. The highest BCUT2D eigenvalue weighted by atomic mass is 32.2. The maximum atomic E-state index is 5.03. The van der Waals surface area contributed by atoms with Crippen LogP contribution in [-0.2, 0) is 6.42 Å². The topological polar surface area (TPSA) is 51.0 Å². The van der Waals surface area contributed by atoms with Crippen LogP contribution in [0.5, 0.6) is 0 Å². The third-order valence-electron chi connectivity index (χ3n) is 2.16. The molecule has 1 aromatic heterocycles. The second-order valence-corrected chi connectivity index (χ2v) is 5.03. The van der Waals surface area contributed by atoms with Crippen LogP contribution in [0.4, 0.5) is 0 Å². The van der Waals surface area contributed by atoms with Gasteiger partial charge in [0.15, 0.2) is 5.82 Å². The van der Waals surface area contributed by atoms with Crippen molar-refractivity contribution in [2.75, 3.05) is 24.6 Å². The summed E-state index contributed by atoms with van der Waals surface area (Å²) in [5.41, 5.74) is 0. The van der Waals surface area contributed by atoms with E-state index in [-0.39, 0.29) is 0 Å². The molecule has 0 spiro atoms. The number of hydrogen-bond donors (Lipinski definition) is 1. The van der Waals surface area contributed by atoms with Crippen LogP contribution in [0.3, 0.4) is 0 Å². The average Bonchev–Trinajstić information content (AvgIpc) is 2.68. The Bertz CT molecular complexity index is 278. The number of aromatic nitrogens is 2. The van der Waals surface area contributed by atoms with E-state index in [1.54, 1.807) is 0 Å². The number of nitrogens with one attached hydrogen (secondary N) is 1. The third-order valence-corrected chi connectivity index (χ3v) is 3.15. The van der Waals surface area contributed by atoms with Crippen LogP contribution in [0, 0.1) is 6.92 Å². The fourth-order valence-electron chi connectivity index (χ4n) is 1.37. The van der Waals surface area contributed by atoms with Crippen LogP contribution in [-0.4, -0.2) is 34.7 Å². The Morgan fingerprint density at radius 2 is 2.12 bits per heavy atom. The highest BCUT2D eigenvalue weighted by Gasteiger charge is 2.01. The van der Waals surface area contributed by atoms with Gasteiger partial charge in [-0.1, -0.05) is 12.1 Å². The fourth-order valence-corrected chi connectivity index (χ4v) is 2.01. The molecule has 0 amide bonds. The Hall–Kier alpha value is -0.550. The molecule has 0 saturated carbocycles.